The lowest BCUT2D eigenvalue weighted by molar-refractivity contribution is 0.404. The number of rotatable bonds is 4. The molecule has 1 heterocycles. The van der Waals surface area contributed by atoms with E-state index in [9.17, 15) is 0 Å². The first-order chi connectivity index (χ1) is 10.7. The Balaban J connectivity index is 1.71. The second-order valence-corrected chi connectivity index (χ2v) is 6.02. The van der Waals surface area contributed by atoms with Crippen LogP contribution in [0, 0.1) is 0 Å². The van der Waals surface area contributed by atoms with Crippen LogP contribution in [0.25, 0.3) is 12.2 Å². The van der Waals surface area contributed by atoms with Gasteiger partial charge in [0.1, 0.15) is 0 Å². The van der Waals surface area contributed by atoms with E-state index in [0.717, 1.165) is 15.6 Å². The molecular weight excluding hydrogens is 364 g/mol. The van der Waals surface area contributed by atoms with Crippen molar-refractivity contribution in [3.63, 3.8) is 0 Å². The molecule has 110 valence electrons. The summed E-state index contributed by atoms with van der Waals surface area (Å²) in [6.07, 6.45) is 4.28. The zero-order valence-electron chi connectivity index (χ0n) is 11.5. The van der Waals surface area contributed by atoms with E-state index in [4.69, 9.17) is 16.1 Å². The zero-order valence-corrected chi connectivity index (χ0v) is 13.9. The molecule has 0 saturated heterocycles. The van der Waals surface area contributed by atoms with E-state index in [1.165, 1.54) is 0 Å². The van der Waals surface area contributed by atoms with E-state index in [-0.39, 0.29) is 0 Å². The van der Waals surface area contributed by atoms with Crippen LogP contribution < -0.4 is 0 Å². The van der Waals surface area contributed by atoms with Crippen molar-refractivity contribution in [3.05, 3.63) is 80.9 Å². The highest BCUT2D eigenvalue weighted by molar-refractivity contribution is 9.10. The van der Waals surface area contributed by atoms with Crippen LogP contribution in [-0.4, -0.2) is 10.1 Å². The van der Waals surface area contributed by atoms with Crippen LogP contribution in [-0.2, 0) is 6.42 Å². The van der Waals surface area contributed by atoms with Gasteiger partial charge in [-0.3, -0.25) is 0 Å². The summed E-state index contributed by atoms with van der Waals surface area (Å²) in [5.41, 5.74) is 2.04. The fourth-order valence-corrected chi connectivity index (χ4v) is 2.43. The van der Waals surface area contributed by atoms with Crippen molar-refractivity contribution in [1.82, 2.24) is 10.1 Å². The summed E-state index contributed by atoms with van der Waals surface area (Å²) in [6, 6.07) is 15.6. The molecule has 2 aromatic carbocycles. The summed E-state index contributed by atoms with van der Waals surface area (Å²) in [6.45, 7) is 0. The maximum atomic E-state index is 6.13. The Labute approximate surface area is 141 Å². The van der Waals surface area contributed by atoms with Crippen molar-refractivity contribution in [2.75, 3.05) is 0 Å². The number of nitrogens with zero attached hydrogens (tertiary/aromatic N) is 2. The minimum atomic E-state index is 0.477. The second-order valence-electron chi connectivity index (χ2n) is 4.70. The van der Waals surface area contributed by atoms with Crippen LogP contribution in [0.4, 0.5) is 0 Å². The van der Waals surface area contributed by atoms with Gasteiger partial charge in [0, 0.05) is 22.0 Å². The molecule has 3 aromatic rings. The highest BCUT2D eigenvalue weighted by Crippen LogP contribution is 2.18. The van der Waals surface area contributed by atoms with Crippen molar-refractivity contribution in [3.8, 4) is 0 Å². The third-order valence-electron chi connectivity index (χ3n) is 3.08. The summed E-state index contributed by atoms with van der Waals surface area (Å²) in [5.74, 6) is 1.09. The van der Waals surface area contributed by atoms with Crippen molar-refractivity contribution in [2.24, 2.45) is 0 Å². The smallest absolute Gasteiger partial charge is 0.250 e. The largest absolute Gasteiger partial charge is 0.335 e. The standard InChI is InChI=1S/C17H12BrClN2O/c18-14-8-5-12(6-9-14)7-10-17-20-16(21-22-17)11-13-3-1-2-4-15(13)19/h1-10H,11H2/b10-7+. The molecule has 3 rings (SSSR count). The SMILES string of the molecule is Clc1ccccc1Cc1noc(/C=C/c2ccc(Br)cc2)n1. The molecule has 0 radical (unpaired) electrons. The van der Waals surface area contributed by atoms with Crippen molar-refractivity contribution < 1.29 is 4.52 Å². The summed E-state index contributed by atoms with van der Waals surface area (Å²) in [7, 11) is 0. The van der Waals surface area contributed by atoms with Gasteiger partial charge >= 0.3 is 0 Å². The molecule has 0 aliphatic rings. The van der Waals surface area contributed by atoms with Crippen molar-refractivity contribution in [1.29, 1.82) is 0 Å². The lowest BCUT2D eigenvalue weighted by atomic mass is 10.1. The summed E-state index contributed by atoms with van der Waals surface area (Å²) in [5, 5.41) is 4.68. The topological polar surface area (TPSA) is 38.9 Å². The third kappa shape index (κ3) is 3.84. The zero-order chi connectivity index (χ0) is 15.4. The Morgan fingerprint density at radius 1 is 1.05 bits per heavy atom. The fraction of sp³-hybridized carbons (Fsp3) is 0.0588. The van der Waals surface area contributed by atoms with Crippen LogP contribution in [0.3, 0.4) is 0 Å². The first-order valence-corrected chi connectivity index (χ1v) is 7.87. The van der Waals surface area contributed by atoms with Gasteiger partial charge in [-0.05, 0) is 35.4 Å². The van der Waals surface area contributed by atoms with E-state index in [1.54, 1.807) is 6.08 Å². The van der Waals surface area contributed by atoms with Gasteiger partial charge in [0.25, 0.3) is 5.89 Å². The first-order valence-electron chi connectivity index (χ1n) is 6.70. The maximum Gasteiger partial charge on any atom is 0.250 e. The minimum Gasteiger partial charge on any atom is -0.335 e. The van der Waals surface area contributed by atoms with Gasteiger partial charge in [0.15, 0.2) is 5.82 Å². The highest BCUT2D eigenvalue weighted by atomic mass is 79.9. The van der Waals surface area contributed by atoms with Crippen LogP contribution >= 0.6 is 27.5 Å². The van der Waals surface area contributed by atoms with Gasteiger partial charge in [-0.25, -0.2) is 0 Å². The third-order valence-corrected chi connectivity index (χ3v) is 3.98. The molecule has 0 amide bonds. The summed E-state index contributed by atoms with van der Waals surface area (Å²) >= 11 is 9.54. The number of halogens is 2. The maximum absolute atomic E-state index is 6.13. The van der Waals surface area contributed by atoms with Crippen LogP contribution in [0.15, 0.2) is 57.5 Å². The number of benzene rings is 2. The van der Waals surface area contributed by atoms with E-state index in [2.05, 4.69) is 26.1 Å². The monoisotopic (exact) mass is 374 g/mol. The van der Waals surface area contributed by atoms with E-state index >= 15 is 0 Å². The van der Waals surface area contributed by atoms with Gasteiger partial charge in [-0.15, -0.1) is 0 Å². The quantitative estimate of drug-likeness (QED) is 0.625. The Hall–Kier alpha value is -1.91. The van der Waals surface area contributed by atoms with Gasteiger partial charge in [-0.1, -0.05) is 63.0 Å². The Bertz CT molecular complexity index is 796. The molecule has 0 spiro atoms. The average Bonchev–Trinajstić information content (AvgIpc) is 2.97. The molecule has 0 aliphatic heterocycles. The summed E-state index contributed by atoms with van der Waals surface area (Å²) in [4.78, 5) is 4.35. The molecule has 0 N–H and O–H groups in total. The Morgan fingerprint density at radius 3 is 2.59 bits per heavy atom. The molecule has 1 aromatic heterocycles. The lowest BCUT2D eigenvalue weighted by Gasteiger charge is -1.98. The molecule has 0 bridgehead atoms. The molecule has 0 saturated carbocycles. The second kappa shape index (κ2) is 6.90. The molecule has 22 heavy (non-hydrogen) atoms. The van der Waals surface area contributed by atoms with E-state index in [0.29, 0.717) is 23.2 Å². The predicted molar refractivity (Wildman–Crippen MR) is 91.6 cm³/mol. The molecule has 3 nitrogen and oxygen atoms in total. The molecule has 0 fully saturated rings. The molecule has 5 heteroatoms. The van der Waals surface area contributed by atoms with Gasteiger partial charge in [0.2, 0.25) is 0 Å². The minimum absolute atomic E-state index is 0.477. The normalized spacial score (nSPS) is 11.2. The highest BCUT2D eigenvalue weighted by Gasteiger charge is 2.07. The van der Waals surface area contributed by atoms with Crippen LogP contribution in [0.2, 0.25) is 5.02 Å². The van der Waals surface area contributed by atoms with E-state index in [1.807, 2.05) is 54.6 Å². The molecular formula is C17H12BrClN2O. The van der Waals surface area contributed by atoms with Gasteiger partial charge < -0.3 is 4.52 Å². The van der Waals surface area contributed by atoms with Crippen LogP contribution in [0.1, 0.15) is 22.8 Å². The fourth-order valence-electron chi connectivity index (χ4n) is 1.96. The van der Waals surface area contributed by atoms with Gasteiger partial charge in [0.05, 0.1) is 0 Å². The predicted octanol–water partition coefficient (Wildman–Crippen LogP) is 5.25. The first kappa shape index (κ1) is 15.0. The molecule has 0 unspecified atom stereocenters. The van der Waals surface area contributed by atoms with Crippen LogP contribution in [0.5, 0.6) is 0 Å². The Morgan fingerprint density at radius 2 is 1.82 bits per heavy atom. The van der Waals surface area contributed by atoms with E-state index < -0.39 is 0 Å². The Kier molecular flexibility index (Phi) is 4.71. The van der Waals surface area contributed by atoms with Crippen molar-refractivity contribution in [2.45, 2.75) is 6.42 Å². The average molecular weight is 376 g/mol. The van der Waals surface area contributed by atoms with Crippen molar-refractivity contribution >= 4 is 39.7 Å². The molecule has 0 atom stereocenters. The molecule has 0 aliphatic carbocycles. The number of hydrogen-bond acceptors (Lipinski definition) is 3. The number of aromatic nitrogens is 2. The number of hydrogen-bond donors (Lipinski definition) is 0. The lowest BCUT2D eigenvalue weighted by Crippen LogP contribution is -1.91. The summed E-state index contributed by atoms with van der Waals surface area (Å²) < 4.78 is 6.27. The van der Waals surface area contributed by atoms with Gasteiger partial charge in [-0.2, -0.15) is 4.98 Å².